The predicted octanol–water partition coefficient (Wildman–Crippen LogP) is 3.28. The normalized spacial score (nSPS) is 21.0. The van der Waals surface area contributed by atoms with Gasteiger partial charge in [-0.2, -0.15) is 0 Å². The first kappa shape index (κ1) is 15.7. The Morgan fingerprint density at radius 2 is 2.19 bits per heavy atom. The van der Waals surface area contributed by atoms with Gasteiger partial charge in [0.05, 0.1) is 9.50 Å². The van der Waals surface area contributed by atoms with Crippen molar-refractivity contribution in [1.82, 2.24) is 9.88 Å². The lowest BCUT2D eigenvalue weighted by molar-refractivity contribution is 0.0941. The molecule has 1 N–H and O–H groups in total. The maximum Gasteiger partial charge on any atom is 0.271 e. The maximum absolute atomic E-state index is 13.1. The highest BCUT2D eigenvalue weighted by molar-refractivity contribution is 9.10. The van der Waals surface area contributed by atoms with Crippen molar-refractivity contribution in [1.29, 1.82) is 0 Å². The smallest absolute Gasteiger partial charge is 0.271 e. The Labute approximate surface area is 133 Å². The third kappa shape index (κ3) is 2.38. The molecule has 21 heavy (non-hydrogen) atoms. The van der Waals surface area contributed by atoms with E-state index >= 15 is 0 Å². The molecule has 1 unspecified atom stereocenters. The van der Waals surface area contributed by atoms with Gasteiger partial charge < -0.3 is 5.32 Å². The first-order valence-electron chi connectivity index (χ1n) is 5.85. The minimum absolute atomic E-state index is 0.0181. The van der Waals surface area contributed by atoms with Crippen LogP contribution in [0.5, 0.6) is 0 Å². The van der Waals surface area contributed by atoms with Crippen LogP contribution in [0.1, 0.15) is 17.4 Å². The van der Waals surface area contributed by atoms with Gasteiger partial charge in [0.2, 0.25) is 0 Å². The highest BCUT2D eigenvalue weighted by Crippen LogP contribution is 2.33. The number of allylic oxidation sites excluding steroid dienone is 2. The number of hydrogen-bond donors (Lipinski definition) is 1. The molecule has 0 bridgehead atoms. The van der Waals surface area contributed by atoms with E-state index < -0.39 is 23.0 Å². The summed E-state index contributed by atoms with van der Waals surface area (Å²) in [6, 6.07) is 1.35. The molecule has 4 nitrogen and oxygen atoms in total. The largest absolute Gasteiger partial charge is 0.324 e. The lowest BCUT2D eigenvalue weighted by Gasteiger charge is -2.28. The fourth-order valence-corrected chi connectivity index (χ4v) is 3.12. The number of aromatic nitrogens is 1. The quantitative estimate of drug-likeness (QED) is 0.827. The fourth-order valence-electron chi connectivity index (χ4n) is 2.30. The molecule has 2 rings (SSSR count). The number of hydrogen-bond acceptors (Lipinski definition) is 2. The van der Waals surface area contributed by atoms with E-state index in [2.05, 4.69) is 34.4 Å². The molecule has 0 aromatic carbocycles. The number of nitrogens with zero attached hydrogens (tertiary/aromatic N) is 1. The number of rotatable bonds is 3. The third-order valence-corrected chi connectivity index (χ3v) is 4.08. The second kappa shape index (κ2) is 5.27. The SMILES string of the molecule is C=C/C(=C\C(=C)F)C1(C)NC(=O)c2c(Cl)cc(Br)c(=O)n21. The van der Waals surface area contributed by atoms with Crippen LogP contribution in [0.25, 0.3) is 0 Å². The Morgan fingerprint density at radius 3 is 2.71 bits per heavy atom. The summed E-state index contributed by atoms with van der Waals surface area (Å²) in [6.07, 6.45) is 2.45. The summed E-state index contributed by atoms with van der Waals surface area (Å²) in [5.41, 5.74) is -1.47. The van der Waals surface area contributed by atoms with E-state index in [9.17, 15) is 14.0 Å². The summed E-state index contributed by atoms with van der Waals surface area (Å²) in [4.78, 5) is 24.5. The second-order valence-corrected chi connectivity index (χ2v) is 5.87. The fraction of sp³-hybridized carbons (Fsp3) is 0.143. The second-order valence-electron chi connectivity index (χ2n) is 4.61. The molecule has 2 heterocycles. The van der Waals surface area contributed by atoms with Crippen molar-refractivity contribution in [3.8, 4) is 0 Å². The third-order valence-electron chi connectivity index (χ3n) is 3.22. The highest BCUT2D eigenvalue weighted by atomic mass is 79.9. The summed E-state index contributed by atoms with van der Waals surface area (Å²) < 4.78 is 14.5. The molecule has 1 amide bonds. The zero-order valence-corrected chi connectivity index (χ0v) is 13.4. The van der Waals surface area contributed by atoms with Gasteiger partial charge in [-0.05, 0) is 35.0 Å². The molecule has 0 aliphatic carbocycles. The molecule has 7 heteroatoms. The molecule has 1 aliphatic heterocycles. The van der Waals surface area contributed by atoms with Crippen molar-refractivity contribution in [2.24, 2.45) is 0 Å². The van der Waals surface area contributed by atoms with Crippen LogP contribution in [0.2, 0.25) is 5.02 Å². The first-order chi connectivity index (χ1) is 9.72. The Balaban J connectivity index is 2.85. The van der Waals surface area contributed by atoms with E-state index in [1.165, 1.54) is 16.7 Å². The van der Waals surface area contributed by atoms with Gasteiger partial charge in [0.25, 0.3) is 11.5 Å². The van der Waals surface area contributed by atoms with Crippen LogP contribution >= 0.6 is 27.5 Å². The van der Waals surface area contributed by atoms with E-state index in [0.717, 1.165) is 6.08 Å². The minimum atomic E-state index is -1.30. The molecule has 110 valence electrons. The molecule has 0 saturated carbocycles. The molecular weight excluding hydrogens is 363 g/mol. The van der Waals surface area contributed by atoms with Gasteiger partial charge in [-0.1, -0.05) is 30.8 Å². The topological polar surface area (TPSA) is 51.1 Å². The van der Waals surface area contributed by atoms with Gasteiger partial charge in [0, 0.05) is 5.57 Å². The maximum atomic E-state index is 13.1. The van der Waals surface area contributed by atoms with Gasteiger partial charge in [0.15, 0.2) is 0 Å². The average Bonchev–Trinajstić information content (AvgIpc) is 2.66. The summed E-state index contributed by atoms with van der Waals surface area (Å²) in [7, 11) is 0. The standard InChI is InChI=1S/C14H11BrClFN2O2/c1-4-8(5-7(2)17)14(3)18-12(20)11-10(16)6-9(15)13(21)19(11)14/h4-6H,1-2H2,3H3,(H,18,20)/b8-5+. The van der Waals surface area contributed by atoms with Crippen molar-refractivity contribution >= 4 is 33.4 Å². The molecule has 1 atom stereocenters. The van der Waals surface area contributed by atoms with Crippen molar-refractivity contribution in [3.05, 3.63) is 68.3 Å². The minimum Gasteiger partial charge on any atom is -0.324 e. The van der Waals surface area contributed by atoms with Crippen molar-refractivity contribution in [3.63, 3.8) is 0 Å². The Kier molecular flexibility index (Phi) is 3.95. The van der Waals surface area contributed by atoms with Gasteiger partial charge >= 0.3 is 0 Å². The molecule has 0 saturated heterocycles. The monoisotopic (exact) mass is 372 g/mol. The number of pyridine rings is 1. The van der Waals surface area contributed by atoms with Crippen LogP contribution in [0, 0.1) is 0 Å². The van der Waals surface area contributed by atoms with Crippen LogP contribution in [0.3, 0.4) is 0 Å². The number of carbonyl (C=O) groups excluding carboxylic acids is 1. The van der Waals surface area contributed by atoms with Gasteiger partial charge in [-0.15, -0.1) is 0 Å². The Bertz CT molecular complexity index is 769. The molecule has 0 fully saturated rings. The number of fused-ring (bicyclic) bond motifs is 1. The highest BCUT2D eigenvalue weighted by Gasteiger charge is 2.43. The van der Waals surface area contributed by atoms with E-state index in [0.29, 0.717) is 0 Å². The molecule has 1 aliphatic rings. The summed E-state index contributed by atoms with van der Waals surface area (Å²) in [5, 5.41) is 2.75. The van der Waals surface area contributed by atoms with Gasteiger partial charge in [-0.25, -0.2) is 4.39 Å². The molecular formula is C14H11BrClFN2O2. The lowest BCUT2D eigenvalue weighted by Crippen LogP contribution is -2.46. The Morgan fingerprint density at radius 1 is 1.57 bits per heavy atom. The number of amides is 1. The van der Waals surface area contributed by atoms with Crippen LogP contribution < -0.4 is 10.9 Å². The van der Waals surface area contributed by atoms with E-state index in [-0.39, 0.29) is 20.8 Å². The van der Waals surface area contributed by atoms with Crippen LogP contribution in [0.4, 0.5) is 4.39 Å². The van der Waals surface area contributed by atoms with Gasteiger partial charge in [0.1, 0.15) is 17.2 Å². The zero-order chi connectivity index (χ0) is 15.9. The predicted molar refractivity (Wildman–Crippen MR) is 83.1 cm³/mol. The molecule has 0 spiro atoms. The zero-order valence-electron chi connectivity index (χ0n) is 11.0. The first-order valence-corrected chi connectivity index (χ1v) is 7.02. The molecule has 1 aromatic heterocycles. The van der Waals surface area contributed by atoms with Crippen LogP contribution in [-0.4, -0.2) is 10.5 Å². The number of carbonyl (C=O) groups is 1. The average molecular weight is 374 g/mol. The van der Waals surface area contributed by atoms with Crippen LogP contribution in [-0.2, 0) is 5.66 Å². The Hall–Kier alpha value is -1.66. The van der Waals surface area contributed by atoms with E-state index in [4.69, 9.17) is 11.6 Å². The number of halogens is 3. The van der Waals surface area contributed by atoms with Crippen LogP contribution in [0.15, 0.2) is 52.0 Å². The lowest BCUT2D eigenvalue weighted by atomic mass is 10.0. The summed E-state index contributed by atoms with van der Waals surface area (Å²) >= 11 is 9.13. The van der Waals surface area contributed by atoms with Crippen molar-refractivity contribution in [2.75, 3.05) is 0 Å². The van der Waals surface area contributed by atoms with Gasteiger partial charge in [-0.3, -0.25) is 14.2 Å². The molecule has 1 aromatic rings. The summed E-state index contributed by atoms with van der Waals surface area (Å²) in [5.74, 6) is -1.24. The van der Waals surface area contributed by atoms with E-state index in [1.54, 1.807) is 6.92 Å². The summed E-state index contributed by atoms with van der Waals surface area (Å²) in [6.45, 7) is 8.30. The molecule has 0 radical (unpaired) electrons. The van der Waals surface area contributed by atoms with E-state index in [1.807, 2.05) is 0 Å². The van der Waals surface area contributed by atoms with Crippen molar-refractivity contribution < 1.29 is 9.18 Å². The van der Waals surface area contributed by atoms with Crippen molar-refractivity contribution in [2.45, 2.75) is 12.6 Å². The number of nitrogens with one attached hydrogen (secondary N) is 1.